The second kappa shape index (κ2) is 8.31. The van der Waals surface area contributed by atoms with Crippen molar-refractivity contribution in [2.24, 2.45) is 0 Å². The summed E-state index contributed by atoms with van der Waals surface area (Å²) in [5.41, 5.74) is 10.7. The third-order valence-electron chi connectivity index (χ3n) is 5.92. The smallest absolute Gasteiger partial charge is 0.255 e. The van der Waals surface area contributed by atoms with E-state index in [4.69, 9.17) is 0 Å². The Hall–Kier alpha value is -2.77. The fourth-order valence-corrected chi connectivity index (χ4v) is 3.94. The summed E-state index contributed by atoms with van der Waals surface area (Å²) >= 11 is 0. The molecule has 0 saturated carbocycles. The zero-order valence-corrected chi connectivity index (χ0v) is 16.9. The van der Waals surface area contributed by atoms with E-state index in [1.54, 1.807) is 29.4 Å². The second-order valence-corrected chi connectivity index (χ2v) is 7.83. The van der Waals surface area contributed by atoms with Gasteiger partial charge in [-0.3, -0.25) is 14.6 Å². The van der Waals surface area contributed by atoms with Crippen LogP contribution in [-0.4, -0.2) is 58.8 Å². The highest BCUT2D eigenvalue weighted by atomic mass is 16.2. The third-order valence-corrected chi connectivity index (χ3v) is 5.92. The number of amides is 2. The fraction of sp³-hybridized carbons (Fsp3) is 0.409. The summed E-state index contributed by atoms with van der Waals surface area (Å²) in [6.07, 6.45) is 3.96. The molecule has 2 aliphatic rings. The minimum atomic E-state index is -0.248. The quantitative estimate of drug-likeness (QED) is 0.828. The highest BCUT2D eigenvalue weighted by Crippen LogP contribution is 2.25. The molecule has 152 valence electrons. The number of nitrogens with zero attached hydrogens (tertiary/aromatic N) is 3. The maximum Gasteiger partial charge on any atom is 0.255 e. The zero-order chi connectivity index (χ0) is 20.4. The molecule has 2 unspecified atom stereocenters. The second-order valence-electron chi connectivity index (χ2n) is 7.83. The highest BCUT2D eigenvalue weighted by Gasteiger charge is 2.34. The molecule has 7 nitrogen and oxygen atoms in total. The topological polar surface area (TPSA) is 77.6 Å². The normalized spacial score (nSPS) is 22.0. The van der Waals surface area contributed by atoms with Crippen molar-refractivity contribution in [1.82, 2.24) is 25.6 Å². The molecule has 0 aliphatic carbocycles. The van der Waals surface area contributed by atoms with E-state index in [2.05, 4.69) is 47.9 Å². The van der Waals surface area contributed by atoms with Gasteiger partial charge < -0.3 is 9.80 Å². The maximum atomic E-state index is 13.0. The van der Waals surface area contributed by atoms with Gasteiger partial charge in [0.2, 0.25) is 5.91 Å². The monoisotopic (exact) mass is 393 g/mol. The van der Waals surface area contributed by atoms with Crippen molar-refractivity contribution in [3.05, 3.63) is 65.0 Å². The van der Waals surface area contributed by atoms with Gasteiger partial charge in [0.05, 0.1) is 5.56 Å². The van der Waals surface area contributed by atoms with E-state index in [0.717, 1.165) is 6.42 Å². The van der Waals surface area contributed by atoms with Crippen LogP contribution in [0.3, 0.4) is 0 Å². The number of aryl methyl sites for hydroxylation is 2. The number of aromatic nitrogens is 1. The van der Waals surface area contributed by atoms with E-state index in [1.807, 2.05) is 4.90 Å². The molecule has 1 aromatic heterocycles. The third kappa shape index (κ3) is 4.16. The van der Waals surface area contributed by atoms with Gasteiger partial charge in [-0.25, -0.2) is 10.9 Å². The van der Waals surface area contributed by atoms with Crippen molar-refractivity contribution in [3.63, 3.8) is 0 Å². The van der Waals surface area contributed by atoms with E-state index in [-0.39, 0.29) is 23.9 Å². The Morgan fingerprint density at radius 1 is 1.00 bits per heavy atom. The Morgan fingerprint density at radius 3 is 2.45 bits per heavy atom. The molecule has 4 rings (SSSR count). The first-order valence-corrected chi connectivity index (χ1v) is 10.1. The average molecular weight is 393 g/mol. The first kappa shape index (κ1) is 19.5. The molecular formula is C22H27N5O2. The van der Waals surface area contributed by atoms with Gasteiger partial charge in [0, 0.05) is 44.6 Å². The van der Waals surface area contributed by atoms with E-state index in [0.29, 0.717) is 31.7 Å². The van der Waals surface area contributed by atoms with Crippen molar-refractivity contribution in [1.29, 1.82) is 0 Å². The van der Waals surface area contributed by atoms with Gasteiger partial charge in [-0.15, -0.1) is 0 Å². The van der Waals surface area contributed by atoms with E-state index < -0.39 is 0 Å². The summed E-state index contributed by atoms with van der Waals surface area (Å²) in [6.45, 7) is 6.40. The zero-order valence-electron chi connectivity index (χ0n) is 16.9. The van der Waals surface area contributed by atoms with Crippen molar-refractivity contribution in [2.45, 2.75) is 32.4 Å². The van der Waals surface area contributed by atoms with Gasteiger partial charge in [0.25, 0.3) is 5.91 Å². The molecule has 7 heteroatoms. The molecule has 0 bridgehead atoms. The van der Waals surface area contributed by atoms with Crippen LogP contribution >= 0.6 is 0 Å². The summed E-state index contributed by atoms with van der Waals surface area (Å²) in [5, 5.41) is 0. The minimum Gasteiger partial charge on any atom is -0.338 e. The molecule has 2 atom stereocenters. The van der Waals surface area contributed by atoms with Crippen molar-refractivity contribution in [3.8, 4) is 0 Å². The molecule has 0 spiro atoms. The summed E-state index contributed by atoms with van der Waals surface area (Å²) in [6, 6.07) is 9.84. The van der Waals surface area contributed by atoms with Crippen LogP contribution in [0.4, 0.5) is 0 Å². The standard InChI is InChI=1S/C22H27N5O2/c1-15-5-6-17(12-16(15)2)19-13-20(25-24-19)22(29)27-10-8-26(9-11-27)21(28)18-4-3-7-23-14-18/h3-7,12,14,19-20,24-25H,8-11,13H2,1-2H3. The molecule has 2 amide bonds. The number of carbonyl (C=O) groups excluding carboxylic acids is 2. The lowest BCUT2D eigenvalue weighted by molar-refractivity contribution is -0.134. The van der Waals surface area contributed by atoms with Gasteiger partial charge in [-0.05, 0) is 49.1 Å². The predicted octanol–water partition coefficient (Wildman–Crippen LogP) is 1.59. The molecular weight excluding hydrogens is 366 g/mol. The molecule has 2 aliphatic heterocycles. The molecule has 3 heterocycles. The van der Waals surface area contributed by atoms with E-state index in [9.17, 15) is 9.59 Å². The van der Waals surface area contributed by atoms with E-state index in [1.165, 1.54) is 16.7 Å². The molecule has 1 aromatic carbocycles. The van der Waals surface area contributed by atoms with Crippen LogP contribution in [0.25, 0.3) is 0 Å². The molecule has 2 aromatic rings. The fourth-order valence-electron chi connectivity index (χ4n) is 3.94. The summed E-state index contributed by atoms with van der Waals surface area (Å²) in [5.74, 6) is 0.0676. The van der Waals surface area contributed by atoms with Gasteiger partial charge in [-0.1, -0.05) is 18.2 Å². The van der Waals surface area contributed by atoms with Crippen LogP contribution in [0, 0.1) is 13.8 Å². The lowest BCUT2D eigenvalue weighted by Crippen LogP contribution is -2.54. The number of piperazine rings is 1. The van der Waals surface area contributed by atoms with Gasteiger partial charge >= 0.3 is 0 Å². The Balaban J connectivity index is 1.32. The van der Waals surface area contributed by atoms with Crippen LogP contribution in [0.15, 0.2) is 42.7 Å². The lowest BCUT2D eigenvalue weighted by atomic mass is 9.98. The summed E-state index contributed by atoms with van der Waals surface area (Å²) < 4.78 is 0. The van der Waals surface area contributed by atoms with Crippen LogP contribution in [0.1, 0.15) is 39.5 Å². The Labute approximate surface area is 171 Å². The van der Waals surface area contributed by atoms with Crippen LogP contribution in [-0.2, 0) is 4.79 Å². The number of nitrogens with one attached hydrogen (secondary N) is 2. The van der Waals surface area contributed by atoms with Crippen molar-refractivity contribution in [2.75, 3.05) is 26.2 Å². The number of carbonyl (C=O) groups is 2. The first-order valence-electron chi connectivity index (χ1n) is 10.1. The largest absolute Gasteiger partial charge is 0.338 e. The highest BCUT2D eigenvalue weighted by molar-refractivity contribution is 5.94. The lowest BCUT2D eigenvalue weighted by Gasteiger charge is -2.35. The SMILES string of the molecule is Cc1ccc(C2CC(C(=O)N3CCN(C(=O)c4cccnc4)CC3)NN2)cc1C. The number of benzene rings is 1. The van der Waals surface area contributed by atoms with Gasteiger partial charge in [-0.2, -0.15) is 0 Å². The summed E-state index contributed by atoms with van der Waals surface area (Å²) in [7, 11) is 0. The van der Waals surface area contributed by atoms with Crippen LogP contribution in [0.2, 0.25) is 0 Å². The Kier molecular flexibility index (Phi) is 5.60. The molecule has 2 fully saturated rings. The van der Waals surface area contributed by atoms with Crippen molar-refractivity contribution >= 4 is 11.8 Å². The Morgan fingerprint density at radius 2 is 1.76 bits per heavy atom. The van der Waals surface area contributed by atoms with Gasteiger partial charge in [0.15, 0.2) is 0 Å². The molecule has 29 heavy (non-hydrogen) atoms. The van der Waals surface area contributed by atoms with Gasteiger partial charge in [0.1, 0.15) is 6.04 Å². The predicted molar refractivity (Wildman–Crippen MR) is 110 cm³/mol. The summed E-state index contributed by atoms with van der Waals surface area (Å²) in [4.78, 5) is 33.2. The average Bonchev–Trinajstić information content (AvgIpc) is 3.25. The van der Waals surface area contributed by atoms with Crippen molar-refractivity contribution < 1.29 is 9.59 Å². The van der Waals surface area contributed by atoms with E-state index >= 15 is 0 Å². The van der Waals surface area contributed by atoms with Crippen LogP contribution < -0.4 is 10.9 Å². The number of rotatable bonds is 3. The maximum absolute atomic E-state index is 13.0. The number of hydrogen-bond donors (Lipinski definition) is 2. The number of pyridine rings is 1. The number of hydrazine groups is 1. The Bertz CT molecular complexity index is 893. The molecule has 2 saturated heterocycles. The first-order chi connectivity index (χ1) is 14.0. The number of hydrogen-bond acceptors (Lipinski definition) is 5. The molecule has 2 N–H and O–H groups in total. The molecule has 0 radical (unpaired) electrons. The minimum absolute atomic E-state index is 0.0272. The van der Waals surface area contributed by atoms with Crippen LogP contribution in [0.5, 0.6) is 0 Å².